The van der Waals surface area contributed by atoms with Crippen molar-refractivity contribution in [2.75, 3.05) is 36.9 Å². The summed E-state index contributed by atoms with van der Waals surface area (Å²) in [5, 5.41) is 8.87. The Bertz CT molecular complexity index is 1320. The topological polar surface area (TPSA) is 110 Å². The third-order valence-corrected chi connectivity index (χ3v) is 5.81. The van der Waals surface area contributed by atoms with Gasteiger partial charge in [0.2, 0.25) is 5.88 Å². The summed E-state index contributed by atoms with van der Waals surface area (Å²) in [6.07, 6.45) is 3.40. The monoisotopic (exact) mass is 466 g/mol. The van der Waals surface area contributed by atoms with E-state index in [0.29, 0.717) is 48.5 Å². The molecular weight excluding hydrogens is 440 g/mol. The highest BCUT2D eigenvalue weighted by atomic mass is 16.5. The van der Waals surface area contributed by atoms with Crippen LogP contribution in [0.15, 0.2) is 79.1 Å². The fourth-order valence-corrected chi connectivity index (χ4v) is 3.90. The van der Waals surface area contributed by atoms with Gasteiger partial charge in [-0.15, -0.1) is 0 Å². The van der Waals surface area contributed by atoms with Crippen LogP contribution in [0.4, 0.5) is 11.5 Å². The molecule has 0 unspecified atom stereocenters. The van der Waals surface area contributed by atoms with Gasteiger partial charge in [0, 0.05) is 53.9 Å². The standard InChI is InChI=1S/C27H26N6O2/c28-23-7-6-21(27-31-11-9-25(32-27)35-18-19-4-2-1-3-5-19)16-22(23)26(29)20-8-10-30-24(17-20)33-12-14-34-15-13-33/h1-11,16-17,29H,12-15,18,28H2. The smallest absolute Gasteiger partial charge is 0.217 e. The van der Waals surface area contributed by atoms with Crippen molar-refractivity contribution >= 4 is 17.2 Å². The molecule has 3 heterocycles. The quantitative estimate of drug-likeness (QED) is 0.313. The second-order valence-corrected chi connectivity index (χ2v) is 8.17. The summed E-state index contributed by atoms with van der Waals surface area (Å²) in [4.78, 5) is 15.6. The van der Waals surface area contributed by atoms with Crippen molar-refractivity contribution < 1.29 is 9.47 Å². The number of hydrogen-bond donors (Lipinski definition) is 2. The van der Waals surface area contributed by atoms with E-state index in [1.54, 1.807) is 24.5 Å². The minimum atomic E-state index is 0.317. The number of nitrogen functional groups attached to an aromatic ring is 1. The van der Waals surface area contributed by atoms with Gasteiger partial charge in [-0.3, -0.25) is 5.41 Å². The predicted molar refractivity (Wildman–Crippen MR) is 136 cm³/mol. The average molecular weight is 467 g/mol. The molecule has 0 spiro atoms. The van der Waals surface area contributed by atoms with Crippen LogP contribution in [0.25, 0.3) is 11.4 Å². The fourth-order valence-electron chi connectivity index (χ4n) is 3.90. The first-order valence-corrected chi connectivity index (χ1v) is 11.4. The molecule has 8 heteroatoms. The van der Waals surface area contributed by atoms with Crippen LogP contribution in [0.5, 0.6) is 5.88 Å². The Morgan fingerprint density at radius 3 is 2.60 bits per heavy atom. The van der Waals surface area contributed by atoms with Gasteiger partial charge in [0.05, 0.1) is 18.9 Å². The van der Waals surface area contributed by atoms with E-state index in [0.717, 1.165) is 35.6 Å². The molecule has 5 rings (SSSR count). The van der Waals surface area contributed by atoms with E-state index >= 15 is 0 Å². The normalized spacial score (nSPS) is 13.4. The first kappa shape index (κ1) is 22.5. The van der Waals surface area contributed by atoms with Gasteiger partial charge in [0.25, 0.3) is 0 Å². The number of pyridine rings is 1. The van der Waals surface area contributed by atoms with Crippen LogP contribution >= 0.6 is 0 Å². The Morgan fingerprint density at radius 1 is 0.971 bits per heavy atom. The lowest BCUT2D eigenvalue weighted by Gasteiger charge is -2.28. The summed E-state index contributed by atoms with van der Waals surface area (Å²) < 4.78 is 11.3. The van der Waals surface area contributed by atoms with Crippen molar-refractivity contribution in [3.05, 3.63) is 95.8 Å². The summed E-state index contributed by atoms with van der Waals surface area (Å²) in [6, 6.07) is 20.9. The van der Waals surface area contributed by atoms with E-state index in [1.807, 2.05) is 54.6 Å². The number of nitrogens with one attached hydrogen (secondary N) is 1. The molecule has 1 aliphatic heterocycles. The minimum Gasteiger partial charge on any atom is -0.473 e. The molecule has 0 saturated carbocycles. The molecular formula is C27H26N6O2. The van der Waals surface area contributed by atoms with Crippen molar-refractivity contribution in [3.8, 4) is 17.3 Å². The van der Waals surface area contributed by atoms with Crippen LogP contribution in [-0.2, 0) is 11.3 Å². The first-order valence-electron chi connectivity index (χ1n) is 11.4. The fraction of sp³-hybridized carbons (Fsp3) is 0.185. The maximum Gasteiger partial charge on any atom is 0.217 e. The molecule has 0 atom stereocenters. The molecule has 1 fully saturated rings. The molecule has 1 saturated heterocycles. The lowest BCUT2D eigenvalue weighted by molar-refractivity contribution is 0.122. The Kier molecular flexibility index (Phi) is 6.63. The van der Waals surface area contributed by atoms with Gasteiger partial charge in [-0.1, -0.05) is 30.3 Å². The lowest BCUT2D eigenvalue weighted by atomic mass is 9.99. The Labute approximate surface area is 203 Å². The van der Waals surface area contributed by atoms with Crippen LogP contribution in [0.2, 0.25) is 0 Å². The number of nitrogens with two attached hydrogens (primary N) is 1. The summed E-state index contributed by atoms with van der Waals surface area (Å²) in [5.74, 6) is 1.82. The van der Waals surface area contributed by atoms with E-state index < -0.39 is 0 Å². The van der Waals surface area contributed by atoms with E-state index in [9.17, 15) is 0 Å². The van der Waals surface area contributed by atoms with Crippen LogP contribution in [0.1, 0.15) is 16.7 Å². The molecule has 2 aromatic carbocycles. The summed E-state index contributed by atoms with van der Waals surface area (Å²) >= 11 is 0. The second kappa shape index (κ2) is 10.3. The highest BCUT2D eigenvalue weighted by Crippen LogP contribution is 2.26. The van der Waals surface area contributed by atoms with Crippen molar-refractivity contribution in [3.63, 3.8) is 0 Å². The summed E-state index contributed by atoms with van der Waals surface area (Å²) in [7, 11) is 0. The Balaban J connectivity index is 1.38. The van der Waals surface area contributed by atoms with Crippen LogP contribution < -0.4 is 15.4 Å². The van der Waals surface area contributed by atoms with Crippen molar-refractivity contribution in [1.29, 1.82) is 5.41 Å². The highest BCUT2D eigenvalue weighted by molar-refractivity contribution is 6.14. The zero-order valence-corrected chi connectivity index (χ0v) is 19.2. The Morgan fingerprint density at radius 2 is 1.77 bits per heavy atom. The van der Waals surface area contributed by atoms with Crippen LogP contribution in [0.3, 0.4) is 0 Å². The zero-order valence-electron chi connectivity index (χ0n) is 19.2. The number of rotatable bonds is 7. The maximum atomic E-state index is 8.87. The van der Waals surface area contributed by atoms with Gasteiger partial charge in [0.15, 0.2) is 5.82 Å². The van der Waals surface area contributed by atoms with Gasteiger partial charge in [-0.2, -0.15) is 4.98 Å². The number of morpholine rings is 1. The van der Waals surface area contributed by atoms with Crippen molar-refractivity contribution in [1.82, 2.24) is 15.0 Å². The molecule has 0 amide bonds. The molecule has 3 N–H and O–H groups in total. The first-order chi connectivity index (χ1) is 17.2. The predicted octanol–water partition coefficient (Wildman–Crippen LogP) is 3.95. The van der Waals surface area contributed by atoms with Gasteiger partial charge >= 0.3 is 0 Å². The van der Waals surface area contributed by atoms with Crippen LogP contribution in [-0.4, -0.2) is 47.0 Å². The number of benzene rings is 2. The molecule has 2 aromatic heterocycles. The summed E-state index contributed by atoms with van der Waals surface area (Å²) in [6.45, 7) is 3.32. The van der Waals surface area contributed by atoms with Gasteiger partial charge < -0.3 is 20.1 Å². The van der Waals surface area contributed by atoms with E-state index in [2.05, 4.69) is 19.9 Å². The number of nitrogens with zero attached hydrogens (tertiary/aromatic N) is 4. The molecule has 0 bridgehead atoms. The molecule has 4 aromatic rings. The van der Waals surface area contributed by atoms with Gasteiger partial charge in [0.1, 0.15) is 12.4 Å². The molecule has 0 radical (unpaired) electrons. The summed E-state index contributed by atoms with van der Waals surface area (Å²) in [5.41, 5.74) is 10.3. The zero-order chi connectivity index (χ0) is 24.0. The largest absolute Gasteiger partial charge is 0.473 e. The molecule has 35 heavy (non-hydrogen) atoms. The molecule has 176 valence electrons. The number of ether oxygens (including phenoxy) is 2. The highest BCUT2D eigenvalue weighted by Gasteiger charge is 2.16. The van der Waals surface area contributed by atoms with Crippen molar-refractivity contribution in [2.45, 2.75) is 6.61 Å². The van der Waals surface area contributed by atoms with Crippen molar-refractivity contribution in [2.24, 2.45) is 0 Å². The molecule has 8 nitrogen and oxygen atoms in total. The second-order valence-electron chi connectivity index (χ2n) is 8.17. The van der Waals surface area contributed by atoms with E-state index in [4.69, 9.17) is 20.6 Å². The van der Waals surface area contributed by atoms with E-state index in [1.165, 1.54) is 0 Å². The third-order valence-electron chi connectivity index (χ3n) is 5.81. The van der Waals surface area contributed by atoms with E-state index in [-0.39, 0.29) is 0 Å². The minimum absolute atomic E-state index is 0.317. The van der Waals surface area contributed by atoms with Gasteiger partial charge in [-0.25, -0.2) is 9.97 Å². The Hall–Kier alpha value is -4.30. The number of anilines is 2. The molecule has 0 aliphatic carbocycles. The maximum absolute atomic E-state index is 8.87. The van der Waals surface area contributed by atoms with Crippen LogP contribution in [0, 0.1) is 5.41 Å². The third kappa shape index (κ3) is 5.28. The van der Waals surface area contributed by atoms with Gasteiger partial charge in [-0.05, 0) is 35.9 Å². The average Bonchev–Trinajstić information content (AvgIpc) is 2.93. The number of aromatic nitrogens is 3. The SMILES string of the molecule is N=C(c1ccnc(N2CCOCC2)c1)c1cc(-c2nccc(OCc3ccccc3)n2)ccc1N. The lowest BCUT2D eigenvalue weighted by Crippen LogP contribution is -2.36. The molecule has 1 aliphatic rings. The number of hydrogen-bond acceptors (Lipinski definition) is 8.